The summed E-state index contributed by atoms with van der Waals surface area (Å²) in [6.07, 6.45) is 3.68. The number of aromatic nitrogens is 1. The smallest absolute Gasteiger partial charge is 0.239 e. The molecule has 1 amide bonds. The Balaban J connectivity index is 2.52. The van der Waals surface area contributed by atoms with Gasteiger partial charge in [0.05, 0.1) is 12.5 Å². The molecular weight excluding hydrogens is 230 g/mol. The van der Waals surface area contributed by atoms with E-state index in [4.69, 9.17) is 5.26 Å². The molecule has 1 heterocycles. The van der Waals surface area contributed by atoms with Crippen LogP contribution in [0.2, 0.25) is 0 Å². The zero-order chi connectivity index (χ0) is 13.5. The van der Waals surface area contributed by atoms with Crippen LogP contribution in [0.25, 0.3) is 0 Å². The van der Waals surface area contributed by atoms with Crippen LogP contribution in [0.1, 0.15) is 30.6 Å². The van der Waals surface area contributed by atoms with E-state index in [1.165, 1.54) is 0 Å². The zero-order valence-electron chi connectivity index (χ0n) is 10.6. The molecule has 0 spiro atoms. The summed E-state index contributed by atoms with van der Waals surface area (Å²) in [6.45, 7) is 4.20. The molecule has 0 aliphatic heterocycles. The summed E-state index contributed by atoms with van der Waals surface area (Å²) in [5, 5.41) is 11.0. The number of nitriles is 1. The third kappa shape index (κ3) is 4.06. The molecule has 1 N–H and O–H groups in total. The SMILES string of the molecule is CC(C)C(=O)c1ccn(CC(=O)NCCC#N)c1. The van der Waals surface area contributed by atoms with Crippen LogP contribution >= 0.6 is 0 Å². The van der Waals surface area contributed by atoms with Crippen molar-refractivity contribution in [2.24, 2.45) is 5.92 Å². The van der Waals surface area contributed by atoms with Gasteiger partial charge in [-0.15, -0.1) is 0 Å². The van der Waals surface area contributed by atoms with Gasteiger partial charge in [-0.25, -0.2) is 0 Å². The highest BCUT2D eigenvalue weighted by Crippen LogP contribution is 2.08. The van der Waals surface area contributed by atoms with Crippen LogP contribution < -0.4 is 5.32 Å². The molecule has 0 radical (unpaired) electrons. The lowest BCUT2D eigenvalue weighted by Gasteiger charge is -2.04. The molecule has 1 rings (SSSR count). The van der Waals surface area contributed by atoms with E-state index in [0.717, 1.165) is 0 Å². The molecule has 5 nitrogen and oxygen atoms in total. The third-order valence-corrected chi connectivity index (χ3v) is 2.44. The van der Waals surface area contributed by atoms with Crippen molar-refractivity contribution in [3.05, 3.63) is 24.0 Å². The molecule has 1 aromatic rings. The molecule has 0 unspecified atom stereocenters. The van der Waals surface area contributed by atoms with E-state index in [-0.39, 0.29) is 24.2 Å². The van der Waals surface area contributed by atoms with Crippen LogP contribution in [0.5, 0.6) is 0 Å². The predicted molar refractivity (Wildman–Crippen MR) is 66.8 cm³/mol. The maximum absolute atomic E-state index is 11.7. The maximum Gasteiger partial charge on any atom is 0.239 e. The Morgan fingerprint density at radius 2 is 2.22 bits per heavy atom. The Labute approximate surface area is 106 Å². The quantitative estimate of drug-likeness (QED) is 0.609. The minimum atomic E-state index is -0.163. The lowest BCUT2D eigenvalue weighted by molar-refractivity contribution is -0.121. The summed E-state index contributed by atoms with van der Waals surface area (Å²) in [7, 11) is 0. The summed E-state index contributed by atoms with van der Waals surface area (Å²) in [6, 6.07) is 3.67. The van der Waals surface area contributed by atoms with Crippen molar-refractivity contribution in [1.29, 1.82) is 5.26 Å². The Morgan fingerprint density at radius 1 is 1.50 bits per heavy atom. The highest BCUT2D eigenvalue weighted by molar-refractivity contribution is 5.97. The van der Waals surface area contributed by atoms with Crippen molar-refractivity contribution in [3.8, 4) is 6.07 Å². The van der Waals surface area contributed by atoms with Crippen molar-refractivity contribution in [1.82, 2.24) is 9.88 Å². The number of Topliss-reactive ketones (excluding diaryl/α,β-unsaturated/α-hetero) is 1. The Hall–Kier alpha value is -2.09. The van der Waals surface area contributed by atoms with Crippen LogP contribution in [0.3, 0.4) is 0 Å². The molecule has 0 aromatic carbocycles. The molecule has 96 valence electrons. The van der Waals surface area contributed by atoms with Gasteiger partial charge in [0.15, 0.2) is 5.78 Å². The van der Waals surface area contributed by atoms with Gasteiger partial charge in [-0.1, -0.05) is 13.8 Å². The fraction of sp³-hybridized carbons (Fsp3) is 0.462. The van der Waals surface area contributed by atoms with Crippen LogP contribution in [0.15, 0.2) is 18.5 Å². The highest BCUT2D eigenvalue weighted by atomic mass is 16.2. The topological polar surface area (TPSA) is 74.9 Å². The van der Waals surface area contributed by atoms with E-state index in [2.05, 4.69) is 5.32 Å². The third-order valence-electron chi connectivity index (χ3n) is 2.44. The van der Waals surface area contributed by atoms with Crippen molar-refractivity contribution < 1.29 is 9.59 Å². The van der Waals surface area contributed by atoms with Gasteiger partial charge < -0.3 is 9.88 Å². The van der Waals surface area contributed by atoms with E-state index in [1.54, 1.807) is 23.0 Å². The summed E-state index contributed by atoms with van der Waals surface area (Å²) in [5.41, 5.74) is 0.620. The Morgan fingerprint density at radius 3 is 2.83 bits per heavy atom. The molecule has 5 heteroatoms. The average Bonchev–Trinajstić information content (AvgIpc) is 2.76. The molecule has 1 aromatic heterocycles. The summed E-state index contributed by atoms with van der Waals surface area (Å²) >= 11 is 0. The first-order valence-electron chi connectivity index (χ1n) is 5.88. The number of hydrogen-bond acceptors (Lipinski definition) is 3. The van der Waals surface area contributed by atoms with Crippen molar-refractivity contribution in [2.75, 3.05) is 6.54 Å². The monoisotopic (exact) mass is 247 g/mol. The number of nitrogens with zero attached hydrogens (tertiary/aromatic N) is 2. The minimum absolute atomic E-state index is 0.0506. The minimum Gasteiger partial charge on any atom is -0.354 e. The van der Waals surface area contributed by atoms with Gasteiger partial charge in [0, 0.05) is 30.4 Å². The standard InChI is InChI=1S/C13H17N3O2/c1-10(2)13(18)11-4-7-16(8-11)9-12(17)15-6-3-5-14/h4,7-8,10H,3,6,9H2,1-2H3,(H,15,17). The molecular formula is C13H17N3O2. The van der Waals surface area contributed by atoms with Gasteiger partial charge in [0.2, 0.25) is 5.91 Å². The van der Waals surface area contributed by atoms with E-state index < -0.39 is 0 Å². The second kappa shape index (κ2) is 6.60. The van der Waals surface area contributed by atoms with Crippen molar-refractivity contribution in [2.45, 2.75) is 26.8 Å². The van der Waals surface area contributed by atoms with Gasteiger partial charge in [-0.3, -0.25) is 9.59 Å². The maximum atomic E-state index is 11.7. The van der Waals surface area contributed by atoms with Crippen LogP contribution in [-0.2, 0) is 11.3 Å². The van der Waals surface area contributed by atoms with Gasteiger partial charge in [0.25, 0.3) is 0 Å². The van der Waals surface area contributed by atoms with E-state index in [0.29, 0.717) is 18.5 Å². The fourth-order valence-electron chi connectivity index (χ4n) is 1.50. The number of nitrogens with one attached hydrogen (secondary N) is 1. The lowest BCUT2D eigenvalue weighted by atomic mass is 10.0. The molecule has 18 heavy (non-hydrogen) atoms. The van der Waals surface area contributed by atoms with Crippen molar-refractivity contribution in [3.63, 3.8) is 0 Å². The summed E-state index contributed by atoms with van der Waals surface area (Å²) < 4.78 is 1.66. The largest absolute Gasteiger partial charge is 0.354 e. The van der Waals surface area contributed by atoms with E-state index >= 15 is 0 Å². The van der Waals surface area contributed by atoms with Crippen molar-refractivity contribution >= 4 is 11.7 Å². The Bertz CT molecular complexity index is 469. The van der Waals surface area contributed by atoms with Gasteiger partial charge in [-0.2, -0.15) is 5.26 Å². The Kier molecular flexibility index (Phi) is 5.12. The average molecular weight is 247 g/mol. The number of carbonyl (C=O) groups excluding carboxylic acids is 2. The zero-order valence-corrected chi connectivity index (χ0v) is 10.6. The number of hydrogen-bond donors (Lipinski definition) is 1. The molecule has 0 saturated heterocycles. The molecule has 0 aliphatic carbocycles. The highest BCUT2D eigenvalue weighted by Gasteiger charge is 2.12. The number of ketones is 1. The summed E-state index contributed by atoms with van der Waals surface area (Å²) in [4.78, 5) is 23.2. The van der Waals surface area contributed by atoms with Gasteiger partial charge in [-0.05, 0) is 6.07 Å². The van der Waals surface area contributed by atoms with Crippen LogP contribution in [0, 0.1) is 17.2 Å². The number of rotatable bonds is 6. The second-order valence-corrected chi connectivity index (χ2v) is 4.35. The van der Waals surface area contributed by atoms with Gasteiger partial charge in [0.1, 0.15) is 6.54 Å². The molecule has 0 fully saturated rings. The van der Waals surface area contributed by atoms with Crippen LogP contribution in [-0.4, -0.2) is 22.8 Å². The van der Waals surface area contributed by atoms with E-state index in [9.17, 15) is 9.59 Å². The molecule has 0 aliphatic rings. The molecule has 0 bridgehead atoms. The first-order chi connectivity index (χ1) is 8.54. The first kappa shape index (κ1) is 14.0. The lowest BCUT2D eigenvalue weighted by Crippen LogP contribution is -2.27. The summed E-state index contributed by atoms with van der Waals surface area (Å²) in [5.74, 6) is -0.145. The first-order valence-corrected chi connectivity index (χ1v) is 5.88. The van der Waals surface area contributed by atoms with Gasteiger partial charge >= 0.3 is 0 Å². The van der Waals surface area contributed by atoms with E-state index in [1.807, 2.05) is 19.9 Å². The van der Waals surface area contributed by atoms with Crippen LogP contribution in [0.4, 0.5) is 0 Å². The second-order valence-electron chi connectivity index (χ2n) is 4.35. The predicted octanol–water partition coefficient (Wildman–Crippen LogP) is 1.36. The fourth-order valence-corrected chi connectivity index (χ4v) is 1.50. The molecule has 0 atom stereocenters. The molecule has 0 saturated carbocycles. The normalized spacial score (nSPS) is 10.1. The number of amides is 1. The number of carbonyl (C=O) groups is 2.